The minimum Gasteiger partial charge on any atom is -0.377 e. The summed E-state index contributed by atoms with van der Waals surface area (Å²) in [6.45, 7) is 4.18. The molecular weight excluding hydrogens is 286 g/mol. The van der Waals surface area contributed by atoms with E-state index < -0.39 is 5.60 Å². The molecule has 3 heterocycles. The average molecular weight is 307 g/mol. The minimum absolute atomic E-state index is 0.0397. The Morgan fingerprint density at radius 1 is 1.55 bits per heavy atom. The molecular formula is C15H21N3O4. The highest BCUT2D eigenvalue weighted by molar-refractivity contribution is 5.73. The molecule has 0 radical (unpaired) electrons. The number of nitrogens with zero attached hydrogens (tertiary/aromatic N) is 3. The van der Waals surface area contributed by atoms with Gasteiger partial charge in [-0.15, -0.1) is 0 Å². The van der Waals surface area contributed by atoms with E-state index in [-0.39, 0.29) is 17.6 Å². The Balaban J connectivity index is 1.69. The zero-order valence-corrected chi connectivity index (χ0v) is 12.7. The summed E-state index contributed by atoms with van der Waals surface area (Å²) in [5.74, 6) is 0.0397. The first-order valence-corrected chi connectivity index (χ1v) is 7.61. The maximum Gasteiger partial charge on any atom is 0.266 e. The van der Waals surface area contributed by atoms with E-state index in [1.165, 1.54) is 10.7 Å². The first-order chi connectivity index (χ1) is 10.6. The lowest BCUT2D eigenvalue weighted by Crippen LogP contribution is -2.46. The molecule has 7 heteroatoms. The van der Waals surface area contributed by atoms with Gasteiger partial charge in [0, 0.05) is 25.7 Å². The number of amides is 1. The summed E-state index contributed by atoms with van der Waals surface area (Å²) in [6.07, 6.45) is 3.17. The van der Waals surface area contributed by atoms with Crippen LogP contribution in [0.5, 0.6) is 0 Å². The smallest absolute Gasteiger partial charge is 0.266 e. The molecule has 2 aliphatic heterocycles. The third-order valence-corrected chi connectivity index (χ3v) is 4.30. The number of hydrogen-bond acceptors (Lipinski definition) is 5. The molecule has 22 heavy (non-hydrogen) atoms. The number of carbonyl (C=O) groups is 1. The second-order valence-corrected chi connectivity index (χ2v) is 6.00. The fourth-order valence-electron chi connectivity index (χ4n) is 3.14. The van der Waals surface area contributed by atoms with Crippen LogP contribution in [0.3, 0.4) is 0 Å². The van der Waals surface area contributed by atoms with E-state index in [1.54, 1.807) is 24.1 Å². The molecule has 1 spiro atoms. The van der Waals surface area contributed by atoms with Crippen molar-refractivity contribution in [3.05, 3.63) is 28.7 Å². The number of hydrogen-bond donors (Lipinski definition) is 0. The van der Waals surface area contributed by atoms with Crippen LogP contribution in [0.2, 0.25) is 0 Å². The molecule has 120 valence electrons. The fraction of sp³-hybridized carbons (Fsp3) is 0.667. The summed E-state index contributed by atoms with van der Waals surface area (Å²) < 4.78 is 13.2. The van der Waals surface area contributed by atoms with Crippen molar-refractivity contribution in [2.24, 2.45) is 0 Å². The normalized spacial score (nSPS) is 28.8. The number of aromatic nitrogens is 2. The molecule has 2 aliphatic rings. The molecule has 7 nitrogen and oxygen atoms in total. The highest BCUT2D eigenvalue weighted by atomic mass is 16.6. The Labute approximate surface area is 128 Å². The Morgan fingerprint density at radius 2 is 2.41 bits per heavy atom. The van der Waals surface area contributed by atoms with Crippen LogP contribution in [-0.4, -0.2) is 58.6 Å². The molecule has 0 saturated carbocycles. The van der Waals surface area contributed by atoms with Gasteiger partial charge in [-0.3, -0.25) is 9.59 Å². The SMILES string of the molecule is CC(=O)N1CCOC[C@@]2(CC[C@H](Cn3ncccc3=O)O2)C1. The van der Waals surface area contributed by atoms with Crippen molar-refractivity contribution in [1.82, 2.24) is 14.7 Å². The molecule has 1 aromatic rings. The van der Waals surface area contributed by atoms with Gasteiger partial charge in [-0.2, -0.15) is 5.10 Å². The van der Waals surface area contributed by atoms with Gasteiger partial charge >= 0.3 is 0 Å². The lowest BCUT2D eigenvalue weighted by molar-refractivity contribution is -0.134. The summed E-state index contributed by atoms with van der Waals surface area (Å²) in [5, 5.41) is 4.07. The van der Waals surface area contributed by atoms with Crippen LogP contribution in [0.25, 0.3) is 0 Å². The van der Waals surface area contributed by atoms with E-state index in [1.807, 2.05) is 0 Å². The van der Waals surface area contributed by atoms with E-state index in [2.05, 4.69) is 5.10 Å². The highest BCUT2D eigenvalue weighted by Gasteiger charge is 2.43. The summed E-state index contributed by atoms with van der Waals surface area (Å²) in [5.41, 5.74) is -0.583. The first kappa shape index (κ1) is 15.2. The van der Waals surface area contributed by atoms with Crippen molar-refractivity contribution in [3.63, 3.8) is 0 Å². The van der Waals surface area contributed by atoms with Crippen LogP contribution in [-0.2, 0) is 20.8 Å². The summed E-state index contributed by atoms with van der Waals surface area (Å²) >= 11 is 0. The van der Waals surface area contributed by atoms with E-state index in [9.17, 15) is 9.59 Å². The third-order valence-electron chi connectivity index (χ3n) is 4.30. The molecule has 0 N–H and O–H groups in total. The van der Waals surface area contributed by atoms with Crippen molar-refractivity contribution < 1.29 is 14.3 Å². The van der Waals surface area contributed by atoms with Crippen LogP contribution in [0.4, 0.5) is 0 Å². The second-order valence-electron chi connectivity index (χ2n) is 6.00. The molecule has 0 aromatic carbocycles. The molecule has 0 aliphatic carbocycles. The molecule has 2 fully saturated rings. The number of rotatable bonds is 2. The van der Waals surface area contributed by atoms with Crippen molar-refractivity contribution in [3.8, 4) is 0 Å². The molecule has 1 aromatic heterocycles. The minimum atomic E-state index is -0.453. The Kier molecular flexibility index (Phi) is 4.26. The van der Waals surface area contributed by atoms with Gasteiger partial charge in [-0.25, -0.2) is 4.68 Å². The molecule has 3 rings (SSSR count). The topological polar surface area (TPSA) is 73.7 Å². The van der Waals surface area contributed by atoms with E-state index in [0.717, 1.165) is 12.8 Å². The molecule has 1 amide bonds. The molecule has 2 saturated heterocycles. The summed E-state index contributed by atoms with van der Waals surface area (Å²) in [4.78, 5) is 25.2. The van der Waals surface area contributed by atoms with E-state index in [4.69, 9.17) is 9.47 Å². The van der Waals surface area contributed by atoms with Crippen LogP contribution in [0.15, 0.2) is 23.1 Å². The summed E-state index contributed by atoms with van der Waals surface area (Å²) in [7, 11) is 0. The van der Waals surface area contributed by atoms with E-state index >= 15 is 0 Å². The van der Waals surface area contributed by atoms with Crippen molar-refractivity contribution >= 4 is 5.91 Å². The molecule has 2 atom stereocenters. The van der Waals surface area contributed by atoms with Crippen LogP contribution >= 0.6 is 0 Å². The largest absolute Gasteiger partial charge is 0.377 e. The Bertz CT molecular complexity index is 602. The average Bonchev–Trinajstić information content (AvgIpc) is 2.74. The highest BCUT2D eigenvalue weighted by Crippen LogP contribution is 2.33. The quantitative estimate of drug-likeness (QED) is 0.771. The first-order valence-electron chi connectivity index (χ1n) is 7.61. The maximum atomic E-state index is 11.7. The zero-order valence-electron chi connectivity index (χ0n) is 12.7. The zero-order chi connectivity index (χ0) is 15.6. The van der Waals surface area contributed by atoms with Crippen molar-refractivity contribution in [2.45, 2.75) is 38.0 Å². The third kappa shape index (κ3) is 3.20. The van der Waals surface area contributed by atoms with Gasteiger partial charge in [0.25, 0.3) is 5.56 Å². The van der Waals surface area contributed by atoms with Gasteiger partial charge in [-0.1, -0.05) is 0 Å². The number of ether oxygens (including phenoxy) is 2. The number of carbonyl (C=O) groups excluding carboxylic acids is 1. The Morgan fingerprint density at radius 3 is 3.18 bits per heavy atom. The predicted octanol–water partition coefficient (Wildman–Crippen LogP) is 0.0398. The fourth-order valence-corrected chi connectivity index (χ4v) is 3.14. The van der Waals surface area contributed by atoms with Gasteiger partial charge in [0.1, 0.15) is 5.60 Å². The van der Waals surface area contributed by atoms with Crippen LogP contribution in [0, 0.1) is 0 Å². The van der Waals surface area contributed by atoms with Crippen molar-refractivity contribution in [1.29, 1.82) is 0 Å². The molecule has 0 unspecified atom stereocenters. The monoisotopic (exact) mass is 307 g/mol. The lowest BCUT2D eigenvalue weighted by Gasteiger charge is -2.31. The van der Waals surface area contributed by atoms with Crippen molar-refractivity contribution in [2.75, 3.05) is 26.3 Å². The second kappa shape index (κ2) is 6.18. The van der Waals surface area contributed by atoms with Gasteiger partial charge < -0.3 is 14.4 Å². The van der Waals surface area contributed by atoms with Gasteiger partial charge in [-0.05, 0) is 18.9 Å². The molecule has 0 bridgehead atoms. The van der Waals surface area contributed by atoms with Gasteiger partial charge in [0.05, 0.1) is 32.4 Å². The van der Waals surface area contributed by atoms with E-state index in [0.29, 0.717) is 32.8 Å². The lowest BCUT2D eigenvalue weighted by atomic mass is 10.00. The van der Waals surface area contributed by atoms with Gasteiger partial charge in [0.15, 0.2) is 0 Å². The Hall–Kier alpha value is -1.73. The van der Waals surface area contributed by atoms with Gasteiger partial charge in [0.2, 0.25) is 5.91 Å². The standard InChI is InChI=1S/C15H21N3O4/c1-12(19)17-7-8-21-11-15(10-17)5-4-13(22-15)9-18-14(20)3-2-6-16-18/h2-3,6,13H,4-5,7-11H2,1H3/t13-,15-/m1/s1. The summed E-state index contributed by atoms with van der Waals surface area (Å²) in [6, 6.07) is 3.11. The van der Waals surface area contributed by atoms with Crippen LogP contribution < -0.4 is 5.56 Å². The predicted molar refractivity (Wildman–Crippen MR) is 78.4 cm³/mol. The maximum absolute atomic E-state index is 11.7. The van der Waals surface area contributed by atoms with Crippen LogP contribution in [0.1, 0.15) is 19.8 Å².